The summed E-state index contributed by atoms with van der Waals surface area (Å²) in [6.45, 7) is 0. The summed E-state index contributed by atoms with van der Waals surface area (Å²) in [4.78, 5) is 58.3. The van der Waals surface area contributed by atoms with E-state index in [2.05, 4.69) is 0 Å². The van der Waals surface area contributed by atoms with Crippen LogP contribution in [0.3, 0.4) is 0 Å². The lowest BCUT2D eigenvalue weighted by Crippen LogP contribution is -2.43. The van der Waals surface area contributed by atoms with Crippen LogP contribution in [0.25, 0.3) is 6.08 Å². The molecule has 6 atom stereocenters. The fourth-order valence-corrected chi connectivity index (χ4v) is 7.80. The van der Waals surface area contributed by atoms with E-state index in [-0.39, 0.29) is 35.8 Å². The van der Waals surface area contributed by atoms with Gasteiger partial charge in [0.25, 0.3) is 0 Å². The number of phenols is 1. The number of carbonyl (C=O) groups excluding carboxylic acids is 4. The van der Waals surface area contributed by atoms with Gasteiger partial charge in [-0.05, 0) is 85.0 Å². The summed E-state index contributed by atoms with van der Waals surface area (Å²) < 4.78 is 5.27. The molecule has 2 heterocycles. The van der Waals surface area contributed by atoms with Crippen LogP contribution < -0.4 is 14.5 Å². The largest absolute Gasteiger partial charge is 0.504 e. The summed E-state index contributed by atoms with van der Waals surface area (Å²) in [7, 11) is 1.46. The summed E-state index contributed by atoms with van der Waals surface area (Å²) in [6.07, 6.45) is 6.35. The van der Waals surface area contributed by atoms with E-state index in [0.717, 1.165) is 11.1 Å². The van der Waals surface area contributed by atoms with Gasteiger partial charge in [0, 0.05) is 16.0 Å². The van der Waals surface area contributed by atoms with E-state index in [1.54, 1.807) is 60.7 Å². The van der Waals surface area contributed by atoms with E-state index in [4.69, 9.17) is 27.9 Å². The molecule has 228 valence electrons. The molecule has 0 spiro atoms. The minimum Gasteiger partial charge on any atom is -0.504 e. The zero-order chi connectivity index (χ0) is 31.6. The number of methoxy groups -OCH3 is 1. The van der Waals surface area contributed by atoms with E-state index in [1.165, 1.54) is 23.0 Å². The molecule has 3 fully saturated rings. The van der Waals surface area contributed by atoms with E-state index in [0.29, 0.717) is 33.6 Å². The number of allylic oxidation sites excluding steroid dienone is 3. The van der Waals surface area contributed by atoms with Crippen molar-refractivity contribution in [1.82, 2.24) is 0 Å². The topological polar surface area (TPSA) is 104 Å². The molecule has 1 saturated carbocycles. The highest BCUT2D eigenvalue weighted by molar-refractivity contribution is 6.31. The summed E-state index contributed by atoms with van der Waals surface area (Å²) in [5.74, 6) is -4.45. The Balaban J connectivity index is 1.30. The number of benzene rings is 3. The van der Waals surface area contributed by atoms with Gasteiger partial charge in [-0.15, -0.1) is 0 Å². The van der Waals surface area contributed by atoms with E-state index >= 15 is 0 Å². The Morgan fingerprint density at radius 1 is 0.756 bits per heavy atom. The molecular weight excluding hydrogens is 615 g/mol. The highest BCUT2D eigenvalue weighted by atomic mass is 35.5. The molecule has 3 aromatic carbocycles. The van der Waals surface area contributed by atoms with Gasteiger partial charge in [-0.2, -0.15) is 0 Å². The predicted octanol–water partition coefficient (Wildman–Crippen LogP) is 6.30. The van der Waals surface area contributed by atoms with Crippen LogP contribution in [0.4, 0.5) is 11.4 Å². The monoisotopic (exact) mass is 642 g/mol. The summed E-state index contributed by atoms with van der Waals surface area (Å²) >= 11 is 12.2. The Morgan fingerprint density at radius 3 is 1.93 bits per heavy atom. The van der Waals surface area contributed by atoms with Crippen LogP contribution in [-0.4, -0.2) is 35.8 Å². The van der Waals surface area contributed by atoms with Crippen LogP contribution in [0, 0.1) is 35.5 Å². The molecule has 1 N–H and O–H groups in total. The normalized spacial score (nSPS) is 27.5. The van der Waals surface area contributed by atoms with Crippen LogP contribution in [-0.2, 0) is 19.2 Å². The third-order valence-electron chi connectivity index (χ3n) is 9.57. The number of amides is 4. The molecule has 2 aliphatic carbocycles. The van der Waals surface area contributed by atoms with Crippen molar-refractivity contribution in [1.29, 1.82) is 0 Å². The van der Waals surface area contributed by atoms with Crippen molar-refractivity contribution in [3.63, 3.8) is 0 Å². The van der Waals surface area contributed by atoms with E-state index in [1.807, 2.05) is 18.2 Å². The number of anilines is 2. The van der Waals surface area contributed by atoms with Gasteiger partial charge in [-0.3, -0.25) is 29.0 Å². The first-order valence-electron chi connectivity index (χ1n) is 14.7. The molecule has 0 radical (unpaired) electrons. The third kappa shape index (κ3) is 4.75. The Hall–Kier alpha value is -4.40. The van der Waals surface area contributed by atoms with Crippen molar-refractivity contribution in [3.8, 4) is 11.5 Å². The van der Waals surface area contributed by atoms with Crippen molar-refractivity contribution in [2.45, 2.75) is 12.8 Å². The number of nitrogens with zero attached hydrogens (tertiary/aromatic N) is 2. The second-order valence-electron chi connectivity index (χ2n) is 11.8. The second kappa shape index (κ2) is 11.2. The highest BCUT2D eigenvalue weighted by Gasteiger charge is 2.61. The number of phenolic OH excluding ortho intramolecular Hbond substituents is 1. The molecule has 4 amide bonds. The molecule has 3 aromatic rings. The highest BCUT2D eigenvalue weighted by Crippen LogP contribution is 2.56. The first-order chi connectivity index (χ1) is 21.7. The standard InChI is InChI=1S/C35H28Cl2N2O6/c1-45-29-16-18(3-15-28(29)40)2-12-24-23-13-14-25-31(35(44)38(32(25)41)21-8-4-19(36)5-9-21)26(23)17-27-30(24)34(43)39(33(27)42)22-10-6-20(37)7-11-22/h2-13,15-16,24-27,30-31,40H,14,17H2,1H3. The van der Waals surface area contributed by atoms with Crippen LogP contribution in [0.1, 0.15) is 18.4 Å². The lowest BCUT2D eigenvalue weighted by atomic mass is 9.58. The number of halogens is 2. The first kappa shape index (κ1) is 29.3. The van der Waals surface area contributed by atoms with Gasteiger partial charge in [0.05, 0.1) is 42.2 Å². The molecule has 2 aliphatic heterocycles. The number of rotatable bonds is 5. The zero-order valence-electron chi connectivity index (χ0n) is 24.1. The van der Waals surface area contributed by atoms with Gasteiger partial charge in [0.2, 0.25) is 23.6 Å². The average Bonchev–Trinajstić information content (AvgIpc) is 3.44. The van der Waals surface area contributed by atoms with Crippen LogP contribution in [0.5, 0.6) is 11.5 Å². The summed E-state index contributed by atoms with van der Waals surface area (Å²) in [6, 6.07) is 18.1. The Kier molecular flexibility index (Phi) is 7.29. The number of fused-ring (bicyclic) bond motifs is 4. The van der Waals surface area contributed by atoms with Crippen molar-refractivity contribution >= 4 is 64.3 Å². The number of hydrogen-bond donors (Lipinski definition) is 1. The van der Waals surface area contributed by atoms with Gasteiger partial charge in [0.1, 0.15) is 0 Å². The maximum absolute atomic E-state index is 14.1. The molecule has 6 unspecified atom stereocenters. The van der Waals surface area contributed by atoms with Crippen molar-refractivity contribution in [2.24, 2.45) is 35.5 Å². The Morgan fingerprint density at radius 2 is 1.33 bits per heavy atom. The quantitative estimate of drug-likeness (QED) is 0.259. The van der Waals surface area contributed by atoms with Crippen LogP contribution in [0.2, 0.25) is 10.0 Å². The van der Waals surface area contributed by atoms with Gasteiger partial charge in [0.15, 0.2) is 11.5 Å². The van der Waals surface area contributed by atoms with Gasteiger partial charge in [-0.25, -0.2) is 0 Å². The smallest absolute Gasteiger partial charge is 0.238 e. The molecular formula is C35H28Cl2N2O6. The van der Waals surface area contributed by atoms with Crippen LogP contribution >= 0.6 is 23.2 Å². The van der Waals surface area contributed by atoms with Gasteiger partial charge >= 0.3 is 0 Å². The molecule has 45 heavy (non-hydrogen) atoms. The lowest BCUT2D eigenvalue weighted by Gasteiger charge is -2.42. The van der Waals surface area contributed by atoms with Crippen LogP contribution in [0.15, 0.2) is 84.5 Å². The molecule has 0 bridgehead atoms. The van der Waals surface area contributed by atoms with Crippen molar-refractivity contribution in [3.05, 3.63) is 100 Å². The fraction of sp³-hybridized carbons (Fsp3) is 0.257. The van der Waals surface area contributed by atoms with E-state index in [9.17, 15) is 24.3 Å². The average molecular weight is 644 g/mol. The van der Waals surface area contributed by atoms with Gasteiger partial charge in [-0.1, -0.05) is 53.1 Å². The fourth-order valence-electron chi connectivity index (χ4n) is 7.55. The molecule has 0 aromatic heterocycles. The molecule has 7 rings (SSSR count). The maximum atomic E-state index is 14.1. The van der Waals surface area contributed by atoms with Crippen molar-refractivity contribution in [2.75, 3.05) is 16.9 Å². The predicted molar refractivity (Wildman–Crippen MR) is 170 cm³/mol. The minimum absolute atomic E-state index is 0.00157. The lowest BCUT2D eigenvalue weighted by molar-refractivity contribution is -0.126. The van der Waals surface area contributed by atoms with E-state index < -0.39 is 35.5 Å². The molecule has 2 saturated heterocycles. The number of aromatic hydroxyl groups is 1. The second-order valence-corrected chi connectivity index (χ2v) is 12.7. The maximum Gasteiger partial charge on any atom is 0.238 e. The minimum atomic E-state index is -0.693. The SMILES string of the molecule is COc1cc(C=CC2C3=CCC4C(=O)N(c5ccc(Cl)cc5)C(=O)C4C3CC3C(=O)N(c4ccc(Cl)cc4)C(=O)C23)ccc1O. The number of carbonyl (C=O) groups is 4. The number of ether oxygens (including phenoxy) is 1. The molecule has 4 aliphatic rings. The molecule has 8 nitrogen and oxygen atoms in total. The summed E-state index contributed by atoms with van der Waals surface area (Å²) in [5.41, 5.74) is 2.51. The summed E-state index contributed by atoms with van der Waals surface area (Å²) in [5, 5.41) is 11.1. The Labute approximate surface area is 269 Å². The van der Waals surface area contributed by atoms with Gasteiger partial charge < -0.3 is 9.84 Å². The zero-order valence-corrected chi connectivity index (χ0v) is 25.6. The number of hydrogen-bond acceptors (Lipinski definition) is 6. The Bertz CT molecular complexity index is 1800. The molecule has 10 heteroatoms. The third-order valence-corrected chi connectivity index (χ3v) is 10.1. The number of imide groups is 2. The van der Waals surface area contributed by atoms with Crippen molar-refractivity contribution < 1.29 is 29.0 Å². The first-order valence-corrected chi connectivity index (χ1v) is 15.5.